The van der Waals surface area contributed by atoms with Crippen molar-refractivity contribution in [3.05, 3.63) is 29.8 Å². The SMILES string of the molecule is CC(C)C(=O)Nc1ccc(CNC(=O)C2CC3CCCC(C2)C3N)cc1. The molecule has 0 saturated heterocycles. The van der Waals surface area contributed by atoms with Crippen molar-refractivity contribution >= 4 is 17.5 Å². The summed E-state index contributed by atoms with van der Waals surface area (Å²) in [4.78, 5) is 24.3. The van der Waals surface area contributed by atoms with Crippen molar-refractivity contribution in [3.63, 3.8) is 0 Å². The van der Waals surface area contributed by atoms with Gasteiger partial charge in [-0.3, -0.25) is 9.59 Å². The number of hydrogen-bond acceptors (Lipinski definition) is 3. The van der Waals surface area contributed by atoms with Crippen LogP contribution in [0.3, 0.4) is 0 Å². The van der Waals surface area contributed by atoms with Crippen LogP contribution in [-0.4, -0.2) is 17.9 Å². The minimum Gasteiger partial charge on any atom is -0.352 e. The molecule has 2 unspecified atom stereocenters. The second kappa shape index (κ2) is 8.21. The molecule has 1 aromatic carbocycles. The molecule has 5 heteroatoms. The first-order valence-electron chi connectivity index (χ1n) is 9.87. The third-order valence-corrected chi connectivity index (χ3v) is 6.00. The summed E-state index contributed by atoms with van der Waals surface area (Å²) in [7, 11) is 0. The number of nitrogens with one attached hydrogen (secondary N) is 2. The Kier molecular flexibility index (Phi) is 5.97. The van der Waals surface area contributed by atoms with Crippen molar-refractivity contribution in [1.82, 2.24) is 5.32 Å². The van der Waals surface area contributed by atoms with Crippen molar-refractivity contribution in [3.8, 4) is 0 Å². The number of amides is 2. The highest BCUT2D eigenvalue weighted by Gasteiger charge is 2.40. The molecule has 0 aliphatic heterocycles. The van der Waals surface area contributed by atoms with E-state index < -0.39 is 0 Å². The number of rotatable bonds is 5. The normalized spacial score (nSPS) is 27.8. The van der Waals surface area contributed by atoms with E-state index in [1.165, 1.54) is 19.3 Å². The minimum absolute atomic E-state index is 0.00658. The van der Waals surface area contributed by atoms with E-state index in [9.17, 15) is 9.59 Å². The monoisotopic (exact) mass is 357 g/mol. The van der Waals surface area contributed by atoms with Crippen LogP contribution in [0.1, 0.15) is 51.5 Å². The zero-order valence-corrected chi connectivity index (χ0v) is 15.8. The van der Waals surface area contributed by atoms with E-state index in [4.69, 9.17) is 5.73 Å². The Hall–Kier alpha value is -1.88. The Morgan fingerprint density at radius 3 is 2.31 bits per heavy atom. The van der Waals surface area contributed by atoms with Crippen LogP contribution in [0.5, 0.6) is 0 Å². The van der Waals surface area contributed by atoms with Crippen molar-refractivity contribution in [2.24, 2.45) is 29.4 Å². The predicted octanol–water partition coefficient (Wildman–Crippen LogP) is 3.05. The number of fused-ring (bicyclic) bond motifs is 2. The summed E-state index contributed by atoms with van der Waals surface area (Å²) in [5, 5.41) is 5.96. The highest BCUT2D eigenvalue weighted by Crippen LogP contribution is 2.41. The number of benzene rings is 1. The molecule has 2 atom stereocenters. The topological polar surface area (TPSA) is 84.2 Å². The van der Waals surface area contributed by atoms with Crippen LogP contribution >= 0.6 is 0 Å². The molecule has 0 radical (unpaired) electrons. The average Bonchev–Trinajstić information content (AvgIpc) is 2.60. The highest BCUT2D eigenvalue weighted by atomic mass is 16.2. The molecule has 3 rings (SSSR count). The molecule has 2 aliphatic rings. The van der Waals surface area contributed by atoms with Gasteiger partial charge in [-0.15, -0.1) is 0 Å². The van der Waals surface area contributed by atoms with E-state index in [0.29, 0.717) is 24.4 Å². The lowest BCUT2D eigenvalue weighted by Gasteiger charge is -2.43. The maximum atomic E-state index is 12.6. The highest BCUT2D eigenvalue weighted by molar-refractivity contribution is 5.92. The second-order valence-corrected chi connectivity index (χ2v) is 8.26. The van der Waals surface area contributed by atoms with Gasteiger partial charge < -0.3 is 16.4 Å². The van der Waals surface area contributed by atoms with Crippen molar-refractivity contribution in [2.45, 2.75) is 58.5 Å². The third kappa shape index (κ3) is 4.44. The number of carbonyl (C=O) groups is 2. The lowest BCUT2D eigenvalue weighted by molar-refractivity contribution is -0.128. The molecule has 142 valence electrons. The number of carbonyl (C=O) groups excluding carboxylic acids is 2. The Morgan fingerprint density at radius 2 is 1.73 bits per heavy atom. The van der Waals surface area contributed by atoms with E-state index >= 15 is 0 Å². The van der Waals surface area contributed by atoms with Gasteiger partial charge in [-0.2, -0.15) is 0 Å². The summed E-state index contributed by atoms with van der Waals surface area (Å²) in [6, 6.07) is 7.95. The maximum absolute atomic E-state index is 12.6. The molecule has 2 saturated carbocycles. The Morgan fingerprint density at radius 1 is 1.12 bits per heavy atom. The fourth-order valence-electron chi connectivity index (χ4n) is 4.33. The minimum atomic E-state index is -0.0444. The van der Waals surface area contributed by atoms with Gasteiger partial charge in [0.25, 0.3) is 0 Å². The average molecular weight is 357 g/mol. The molecule has 0 spiro atoms. The van der Waals surface area contributed by atoms with E-state index in [1.54, 1.807) is 0 Å². The Balaban J connectivity index is 1.49. The van der Waals surface area contributed by atoms with Gasteiger partial charge in [-0.1, -0.05) is 32.4 Å². The molecule has 1 aromatic rings. The van der Waals surface area contributed by atoms with Gasteiger partial charge in [0.15, 0.2) is 0 Å². The zero-order valence-electron chi connectivity index (χ0n) is 15.8. The van der Waals surface area contributed by atoms with Crippen LogP contribution in [0.4, 0.5) is 5.69 Å². The largest absolute Gasteiger partial charge is 0.352 e. The van der Waals surface area contributed by atoms with Gasteiger partial charge in [0, 0.05) is 30.1 Å². The van der Waals surface area contributed by atoms with Gasteiger partial charge in [-0.25, -0.2) is 0 Å². The van der Waals surface area contributed by atoms with Crippen LogP contribution < -0.4 is 16.4 Å². The zero-order chi connectivity index (χ0) is 18.7. The van der Waals surface area contributed by atoms with E-state index in [-0.39, 0.29) is 23.7 Å². The van der Waals surface area contributed by atoms with E-state index in [2.05, 4.69) is 10.6 Å². The van der Waals surface area contributed by atoms with Crippen molar-refractivity contribution < 1.29 is 9.59 Å². The summed E-state index contributed by atoms with van der Waals surface area (Å²) >= 11 is 0. The fourth-order valence-corrected chi connectivity index (χ4v) is 4.33. The summed E-state index contributed by atoms with van der Waals surface area (Å²) in [5.74, 6) is 1.26. The summed E-state index contributed by atoms with van der Waals surface area (Å²) in [6.07, 6.45) is 5.47. The fraction of sp³-hybridized carbons (Fsp3) is 0.619. The molecule has 0 aromatic heterocycles. The molecule has 5 nitrogen and oxygen atoms in total. The van der Waals surface area contributed by atoms with Crippen LogP contribution in [0.25, 0.3) is 0 Å². The lowest BCUT2D eigenvalue weighted by Crippen LogP contribution is -2.49. The van der Waals surface area contributed by atoms with Gasteiger partial charge in [-0.05, 0) is 55.2 Å². The maximum Gasteiger partial charge on any atom is 0.226 e. The molecule has 2 bridgehead atoms. The summed E-state index contributed by atoms with van der Waals surface area (Å²) in [6.45, 7) is 4.26. The van der Waals surface area contributed by atoms with Crippen molar-refractivity contribution in [1.29, 1.82) is 0 Å². The van der Waals surface area contributed by atoms with Gasteiger partial charge in [0.05, 0.1) is 0 Å². The summed E-state index contributed by atoms with van der Waals surface area (Å²) in [5.41, 5.74) is 8.14. The predicted molar refractivity (Wildman–Crippen MR) is 103 cm³/mol. The standard InChI is InChI=1S/C21H31N3O2/c1-13(2)20(25)24-18-8-6-14(7-9-18)12-23-21(26)17-10-15-4-3-5-16(11-17)19(15)22/h6-9,13,15-17,19H,3-5,10-12,22H2,1-2H3,(H,23,26)(H,24,25). The van der Waals surface area contributed by atoms with Crippen LogP contribution in [0.15, 0.2) is 24.3 Å². The van der Waals surface area contributed by atoms with Gasteiger partial charge in [0.1, 0.15) is 0 Å². The molecule has 2 fully saturated rings. The molecule has 2 aliphatic carbocycles. The molecule has 0 heterocycles. The third-order valence-electron chi connectivity index (χ3n) is 6.00. The molecular formula is C21H31N3O2. The number of hydrogen-bond donors (Lipinski definition) is 3. The molecule has 4 N–H and O–H groups in total. The Bertz CT molecular complexity index is 627. The first-order valence-corrected chi connectivity index (χ1v) is 9.87. The van der Waals surface area contributed by atoms with Gasteiger partial charge in [0.2, 0.25) is 11.8 Å². The Labute approximate surface area is 156 Å². The number of nitrogens with two attached hydrogens (primary N) is 1. The second-order valence-electron chi connectivity index (χ2n) is 8.26. The van der Waals surface area contributed by atoms with E-state index in [1.807, 2.05) is 38.1 Å². The number of anilines is 1. The van der Waals surface area contributed by atoms with E-state index in [0.717, 1.165) is 24.1 Å². The smallest absolute Gasteiger partial charge is 0.226 e. The first kappa shape index (κ1) is 18.9. The quantitative estimate of drug-likeness (QED) is 0.757. The lowest BCUT2D eigenvalue weighted by atomic mass is 9.65. The van der Waals surface area contributed by atoms with Crippen molar-refractivity contribution in [2.75, 3.05) is 5.32 Å². The first-order chi connectivity index (χ1) is 12.4. The van der Waals surface area contributed by atoms with Crippen LogP contribution in [-0.2, 0) is 16.1 Å². The van der Waals surface area contributed by atoms with Gasteiger partial charge >= 0.3 is 0 Å². The molecule has 2 amide bonds. The molecular weight excluding hydrogens is 326 g/mol. The van der Waals surface area contributed by atoms with Crippen LogP contribution in [0.2, 0.25) is 0 Å². The van der Waals surface area contributed by atoms with Crippen LogP contribution in [0, 0.1) is 23.7 Å². The summed E-state index contributed by atoms with van der Waals surface area (Å²) < 4.78 is 0. The molecule has 26 heavy (non-hydrogen) atoms.